The van der Waals surface area contributed by atoms with Gasteiger partial charge in [-0.1, -0.05) is 47.1 Å². The van der Waals surface area contributed by atoms with E-state index in [1.165, 1.54) is 16.4 Å². The van der Waals surface area contributed by atoms with E-state index in [2.05, 4.69) is 20.8 Å². The van der Waals surface area contributed by atoms with Gasteiger partial charge in [-0.2, -0.15) is 4.68 Å². The van der Waals surface area contributed by atoms with Crippen LogP contribution >= 0.6 is 35.0 Å². The first-order valence-electron chi connectivity index (χ1n) is 7.84. The Labute approximate surface area is 170 Å². The number of amides is 1. The Kier molecular flexibility index (Phi) is 6.20. The third-order valence-electron chi connectivity index (χ3n) is 3.59. The molecule has 1 amide bonds. The van der Waals surface area contributed by atoms with Gasteiger partial charge in [-0.15, -0.1) is 5.10 Å². The Hall–Kier alpha value is -2.29. The van der Waals surface area contributed by atoms with Crippen molar-refractivity contribution < 1.29 is 9.53 Å². The summed E-state index contributed by atoms with van der Waals surface area (Å²) in [5.41, 5.74) is 1.13. The highest BCUT2D eigenvalue weighted by atomic mass is 35.5. The normalized spacial score (nSPS) is 11.9. The molecule has 3 rings (SSSR count). The number of nitrogens with zero attached hydrogens (tertiary/aromatic N) is 4. The number of halogens is 2. The van der Waals surface area contributed by atoms with Gasteiger partial charge < -0.3 is 10.1 Å². The van der Waals surface area contributed by atoms with Crippen molar-refractivity contribution in [2.45, 2.75) is 17.3 Å². The SMILES string of the molecule is COc1ccccc1-n1nnnc1SC(C)C(=O)Nc1cc(Cl)ccc1Cl. The molecule has 1 N–H and O–H groups in total. The fourth-order valence-electron chi connectivity index (χ4n) is 2.25. The summed E-state index contributed by atoms with van der Waals surface area (Å²) in [5, 5.41) is 15.4. The highest BCUT2D eigenvalue weighted by molar-refractivity contribution is 8.00. The van der Waals surface area contributed by atoms with Crippen LogP contribution in [0.15, 0.2) is 47.6 Å². The van der Waals surface area contributed by atoms with Crippen molar-refractivity contribution in [2.24, 2.45) is 0 Å². The van der Waals surface area contributed by atoms with Crippen molar-refractivity contribution >= 4 is 46.6 Å². The Morgan fingerprint density at radius 1 is 1.26 bits per heavy atom. The number of anilines is 1. The van der Waals surface area contributed by atoms with Crippen molar-refractivity contribution in [1.29, 1.82) is 0 Å². The maximum absolute atomic E-state index is 12.5. The number of aromatic nitrogens is 4. The van der Waals surface area contributed by atoms with Crippen LogP contribution in [-0.2, 0) is 4.79 Å². The molecule has 0 aliphatic heterocycles. The Morgan fingerprint density at radius 3 is 2.81 bits per heavy atom. The average molecular weight is 424 g/mol. The van der Waals surface area contributed by atoms with Crippen LogP contribution in [0.25, 0.3) is 5.69 Å². The monoisotopic (exact) mass is 423 g/mol. The summed E-state index contributed by atoms with van der Waals surface area (Å²) >= 11 is 13.3. The molecular weight excluding hydrogens is 409 g/mol. The third kappa shape index (κ3) is 4.52. The molecule has 27 heavy (non-hydrogen) atoms. The summed E-state index contributed by atoms with van der Waals surface area (Å²) in [5.74, 6) is 0.369. The number of thioether (sulfide) groups is 1. The molecule has 0 bridgehead atoms. The molecule has 0 aliphatic carbocycles. The fourth-order valence-corrected chi connectivity index (χ4v) is 3.39. The number of carbonyl (C=O) groups excluding carboxylic acids is 1. The molecule has 1 atom stereocenters. The second-order valence-corrected chi connectivity index (χ2v) is 7.57. The minimum atomic E-state index is -0.487. The number of hydrogen-bond donors (Lipinski definition) is 1. The Bertz CT molecular complexity index is 966. The average Bonchev–Trinajstić information content (AvgIpc) is 3.12. The van der Waals surface area contributed by atoms with Crippen LogP contribution in [0.2, 0.25) is 10.0 Å². The zero-order valence-corrected chi connectivity index (χ0v) is 16.7. The van der Waals surface area contributed by atoms with Gasteiger partial charge in [0.15, 0.2) is 0 Å². The summed E-state index contributed by atoms with van der Waals surface area (Å²) < 4.78 is 6.88. The molecule has 140 valence electrons. The zero-order valence-electron chi connectivity index (χ0n) is 14.4. The van der Waals surface area contributed by atoms with Gasteiger partial charge in [0, 0.05) is 5.02 Å². The molecule has 7 nitrogen and oxygen atoms in total. The lowest BCUT2D eigenvalue weighted by Gasteiger charge is -2.13. The Balaban J connectivity index is 1.77. The second kappa shape index (κ2) is 8.60. The first-order valence-corrected chi connectivity index (χ1v) is 9.47. The lowest BCUT2D eigenvalue weighted by atomic mass is 10.3. The third-order valence-corrected chi connectivity index (χ3v) is 5.19. The van der Waals surface area contributed by atoms with Gasteiger partial charge in [0.1, 0.15) is 11.4 Å². The second-order valence-electron chi connectivity index (χ2n) is 5.42. The van der Waals surface area contributed by atoms with E-state index in [1.807, 2.05) is 24.3 Å². The first kappa shape index (κ1) is 19.5. The van der Waals surface area contributed by atoms with E-state index in [0.29, 0.717) is 32.3 Å². The molecule has 0 aliphatic rings. The number of nitrogens with one attached hydrogen (secondary N) is 1. The van der Waals surface area contributed by atoms with E-state index in [1.54, 1.807) is 32.2 Å². The van der Waals surface area contributed by atoms with Crippen LogP contribution in [0.4, 0.5) is 5.69 Å². The van der Waals surface area contributed by atoms with Gasteiger partial charge in [-0.25, -0.2) is 0 Å². The van der Waals surface area contributed by atoms with Crippen molar-refractivity contribution in [3.63, 3.8) is 0 Å². The minimum absolute atomic E-state index is 0.251. The van der Waals surface area contributed by atoms with E-state index in [-0.39, 0.29) is 5.91 Å². The fraction of sp³-hybridized carbons (Fsp3) is 0.176. The van der Waals surface area contributed by atoms with Crippen molar-refractivity contribution in [3.8, 4) is 11.4 Å². The summed E-state index contributed by atoms with van der Waals surface area (Å²) in [6.07, 6.45) is 0. The van der Waals surface area contributed by atoms with Crippen LogP contribution in [0.3, 0.4) is 0 Å². The summed E-state index contributed by atoms with van der Waals surface area (Å²) in [6, 6.07) is 12.2. The number of carbonyl (C=O) groups is 1. The van der Waals surface area contributed by atoms with Crippen molar-refractivity contribution in [2.75, 3.05) is 12.4 Å². The number of hydrogen-bond acceptors (Lipinski definition) is 6. The minimum Gasteiger partial charge on any atom is -0.494 e. The number of methoxy groups -OCH3 is 1. The van der Waals surface area contributed by atoms with E-state index in [9.17, 15) is 4.79 Å². The number of tetrazole rings is 1. The molecule has 0 saturated carbocycles. The predicted octanol–water partition coefficient (Wildman–Crippen LogP) is 4.10. The predicted molar refractivity (Wildman–Crippen MR) is 106 cm³/mol. The zero-order chi connectivity index (χ0) is 19.4. The molecule has 2 aromatic carbocycles. The number of benzene rings is 2. The van der Waals surface area contributed by atoms with Gasteiger partial charge in [-0.3, -0.25) is 4.79 Å². The summed E-state index contributed by atoms with van der Waals surface area (Å²) in [6.45, 7) is 1.75. The smallest absolute Gasteiger partial charge is 0.237 e. The van der Waals surface area contributed by atoms with Gasteiger partial charge in [-0.05, 0) is 47.7 Å². The van der Waals surface area contributed by atoms with E-state index in [4.69, 9.17) is 27.9 Å². The van der Waals surface area contributed by atoms with E-state index in [0.717, 1.165) is 0 Å². The van der Waals surface area contributed by atoms with Crippen LogP contribution in [0.1, 0.15) is 6.92 Å². The van der Waals surface area contributed by atoms with Crippen molar-refractivity contribution in [1.82, 2.24) is 20.2 Å². The molecule has 1 unspecified atom stereocenters. The Morgan fingerprint density at radius 2 is 2.04 bits per heavy atom. The van der Waals surface area contributed by atoms with E-state index >= 15 is 0 Å². The van der Waals surface area contributed by atoms with Crippen LogP contribution in [0.5, 0.6) is 5.75 Å². The molecule has 0 fully saturated rings. The van der Waals surface area contributed by atoms with Crippen molar-refractivity contribution in [3.05, 3.63) is 52.5 Å². The molecule has 10 heteroatoms. The molecule has 3 aromatic rings. The highest BCUT2D eigenvalue weighted by Crippen LogP contribution is 2.29. The number of rotatable bonds is 6. The summed E-state index contributed by atoms with van der Waals surface area (Å²) in [7, 11) is 1.57. The molecule has 0 radical (unpaired) electrons. The lowest BCUT2D eigenvalue weighted by molar-refractivity contribution is -0.115. The molecule has 0 spiro atoms. The number of ether oxygens (including phenoxy) is 1. The quantitative estimate of drug-likeness (QED) is 0.600. The van der Waals surface area contributed by atoms with Crippen LogP contribution in [-0.4, -0.2) is 38.5 Å². The maximum Gasteiger partial charge on any atom is 0.237 e. The van der Waals surface area contributed by atoms with E-state index < -0.39 is 5.25 Å². The van der Waals surface area contributed by atoms with Gasteiger partial charge >= 0.3 is 0 Å². The van der Waals surface area contributed by atoms with Gasteiger partial charge in [0.2, 0.25) is 11.1 Å². The van der Waals surface area contributed by atoms with Crippen LogP contribution < -0.4 is 10.1 Å². The van der Waals surface area contributed by atoms with Gasteiger partial charge in [0.25, 0.3) is 0 Å². The molecular formula is C17H15Cl2N5O2S. The molecule has 0 saturated heterocycles. The summed E-state index contributed by atoms with van der Waals surface area (Å²) in [4.78, 5) is 12.5. The standard InChI is InChI=1S/C17H15Cl2N5O2S/c1-10(16(25)20-13-9-11(18)7-8-12(13)19)27-17-21-22-23-24(17)14-5-3-4-6-15(14)26-2/h3-10H,1-2H3,(H,20,25). The molecule has 1 aromatic heterocycles. The molecule has 1 heterocycles. The first-order chi connectivity index (χ1) is 13.0. The topological polar surface area (TPSA) is 81.9 Å². The highest BCUT2D eigenvalue weighted by Gasteiger charge is 2.21. The largest absolute Gasteiger partial charge is 0.494 e. The number of para-hydroxylation sites is 2. The van der Waals surface area contributed by atoms with Crippen LogP contribution in [0, 0.1) is 0 Å². The van der Waals surface area contributed by atoms with Gasteiger partial charge in [0.05, 0.1) is 23.1 Å². The lowest BCUT2D eigenvalue weighted by Crippen LogP contribution is -2.23. The maximum atomic E-state index is 12.5.